The zero-order chi connectivity index (χ0) is 12.8. The highest BCUT2D eigenvalue weighted by Crippen LogP contribution is 2.17. The van der Waals surface area contributed by atoms with Crippen LogP contribution in [-0.4, -0.2) is 37.6 Å². The summed E-state index contributed by atoms with van der Waals surface area (Å²) in [5, 5.41) is 0. The molecule has 0 radical (unpaired) electrons. The third-order valence-electron chi connectivity index (χ3n) is 2.37. The highest BCUT2D eigenvalue weighted by atomic mass is 127. The van der Waals surface area contributed by atoms with E-state index in [1.165, 1.54) is 0 Å². The first-order chi connectivity index (χ1) is 8.06. The van der Waals surface area contributed by atoms with Crippen LogP contribution in [0.2, 0.25) is 0 Å². The van der Waals surface area contributed by atoms with Crippen molar-refractivity contribution in [3.05, 3.63) is 27.3 Å². The van der Waals surface area contributed by atoms with Gasteiger partial charge in [0, 0.05) is 29.5 Å². The van der Waals surface area contributed by atoms with Gasteiger partial charge < -0.3 is 15.4 Å². The van der Waals surface area contributed by atoms with E-state index in [4.69, 9.17) is 10.5 Å². The first kappa shape index (κ1) is 14.2. The highest BCUT2D eigenvalue weighted by molar-refractivity contribution is 14.1. The summed E-state index contributed by atoms with van der Waals surface area (Å²) < 4.78 is 6.22. The smallest absolute Gasteiger partial charge is 0.255 e. The van der Waals surface area contributed by atoms with Gasteiger partial charge in [0.05, 0.1) is 12.2 Å². The molecule has 5 heteroatoms. The van der Waals surface area contributed by atoms with E-state index in [2.05, 4.69) is 22.6 Å². The van der Waals surface area contributed by atoms with Gasteiger partial charge in [-0.25, -0.2) is 0 Å². The average molecular weight is 348 g/mol. The van der Waals surface area contributed by atoms with Crippen LogP contribution >= 0.6 is 22.6 Å². The van der Waals surface area contributed by atoms with E-state index in [0.717, 1.165) is 3.57 Å². The van der Waals surface area contributed by atoms with Gasteiger partial charge in [-0.3, -0.25) is 4.79 Å². The molecule has 0 saturated carbocycles. The molecule has 0 aromatic heterocycles. The summed E-state index contributed by atoms with van der Waals surface area (Å²) in [5.74, 6) is -0.0688. The van der Waals surface area contributed by atoms with Crippen molar-refractivity contribution in [2.45, 2.75) is 6.92 Å². The molecule has 94 valence electrons. The van der Waals surface area contributed by atoms with E-state index in [-0.39, 0.29) is 5.91 Å². The lowest BCUT2D eigenvalue weighted by Gasteiger charge is -2.18. The Hall–Kier alpha value is -0.820. The lowest BCUT2D eigenvalue weighted by molar-refractivity contribution is 0.0711. The number of likely N-dealkylation sites (N-methyl/N-ethyl adjacent to an activating group) is 1. The van der Waals surface area contributed by atoms with Gasteiger partial charge in [-0.15, -0.1) is 0 Å². The molecule has 0 fully saturated rings. The van der Waals surface area contributed by atoms with Crippen LogP contribution < -0.4 is 5.73 Å². The summed E-state index contributed by atoms with van der Waals surface area (Å²) in [5.41, 5.74) is 6.87. The molecule has 0 aliphatic rings. The molecular weight excluding hydrogens is 331 g/mol. The fraction of sp³-hybridized carbons (Fsp3) is 0.417. The summed E-state index contributed by atoms with van der Waals surface area (Å²) in [6, 6.07) is 5.44. The topological polar surface area (TPSA) is 55.6 Å². The molecule has 0 unspecified atom stereocenters. The van der Waals surface area contributed by atoms with Crippen molar-refractivity contribution >= 4 is 34.2 Å². The van der Waals surface area contributed by atoms with Gasteiger partial charge in [-0.1, -0.05) is 0 Å². The predicted molar refractivity (Wildman–Crippen MR) is 77.0 cm³/mol. The number of nitrogens with two attached hydrogens (primary N) is 1. The Labute approximate surface area is 115 Å². The molecule has 0 atom stereocenters. The number of hydrogen-bond donors (Lipinski definition) is 1. The zero-order valence-electron chi connectivity index (χ0n) is 10.1. The lowest BCUT2D eigenvalue weighted by atomic mass is 10.1. The Bertz CT molecular complexity index is 396. The van der Waals surface area contributed by atoms with Gasteiger partial charge in [-0.2, -0.15) is 0 Å². The van der Waals surface area contributed by atoms with Crippen molar-refractivity contribution in [1.82, 2.24) is 4.90 Å². The second-order valence-corrected chi connectivity index (χ2v) is 4.90. The Morgan fingerprint density at radius 2 is 2.24 bits per heavy atom. The number of anilines is 1. The normalized spacial score (nSPS) is 10.3. The largest absolute Gasteiger partial charge is 0.398 e. The predicted octanol–water partition coefficient (Wildman–Crippen LogP) is 1.98. The second kappa shape index (κ2) is 6.80. The number of halogens is 1. The monoisotopic (exact) mass is 348 g/mol. The number of amides is 1. The highest BCUT2D eigenvalue weighted by Gasteiger charge is 2.14. The maximum absolute atomic E-state index is 12.1. The molecule has 1 aromatic rings. The molecule has 1 aromatic carbocycles. The molecule has 2 N–H and O–H groups in total. The van der Waals surface area contributed by atoms with Crippen molar-refractivity contribution < 1.29 is 9.53 Å². The number of nitrogens with zero attached hydrogens (tertiary/aromatic N) is 1. The molecule has 1 amide bonds. The minimum absolute atomic E-state index is 0.0688. The lowest BCUT2D eigenvalue weighted by Crippen LogP contribution is -2.30. The first-order valence-electron chi connectivity index (χ1n) is 5.44. The van der Waals surface area contributed by atoms with Crippen LogP contribution in [0.3, 0.4) is 0 Å². The van der Waals surface area contributed by atoms with E-state index in [9.17, 15) is 4.79 Å². The van der Waals surface area contributed by atoms with Crippen LogP contribution in [0.1, 0.15) is 17.3 Å². The molecule has 17 heavy (non-hydrogen) atoms. The van der Waals surface area contributed by atoms with Crippen molar-refractivity contribution in [1.29, 1.82) is 0 Å². The van der Waals surface area contributed by atoms with E-state index >= 15 is 0 Å². The maximum Gasteiger partial charge on any atom is 0.255 e. The van der Waals surface area contributed by atoms with Gasteiger partial charge in [0.1, 0.15) is 0 Å². The van der Waals surface area contributed by atoms with Crippen molar-refractivity contribution in [2.75, 3.05) is 32.5 Å². The molecule has 0 heterocycles. The number of benzene rings is 1. The molecule has 0 saturated heterocycles. The summed E-state index contributed by atoms with van der Waals surface area (Å²) in [6.45, 7) is 3.70. The molecular formula is C12H17IN2O2. The van der Waals surface area contributed by atoms with Gasteiger partial charge in [0.15, 0.2) is 0 Å². The average Bonchev–Trinajstić information content (AvgIpc) is 2.31. The number of carbonyl (C=O) groups is 1. The number of rotatable bonds is 5. The van der Waals surface area contributed by atoms with E-state index in [1.54, 1.807) is 24.1 Å². The summed E-state index contributed by atoms with van der Waals surface area (Å²) in [6.07, 6.45) is 0. The van der Waals surface area contributed by atoms with Crippen molar-refractivity contribution in [3.63, 3.8) is 0 Å². The number of hydrogen-bond acceptors (Lipinski definition) is 3. The van der Waals surface area contributed by atoms with Crippen LogP contribution in [0.25, 0.3) is 0 Å². The van der Waals surface area contributed by atoms with Crippen LogP contribution in [0.5, 0.6) is 0 Å². The van der Waals surface area contributed by atoms with Crippen LogP contribution in [0, 0.1) is 3.57 Å². The Morgan fingerprint density at radius 3 is 2.88 bits per heavy atom. The number of nitrogen functional groups attached to an aromatic ring is 1. The minimum atomic E-state index is -0.0688. The van der Waals surface area contributed by atoms with Gasteiger partial charge >= 0.3 is 0 Å². The SMILES string of the molecule is CCOCCN(C)C(=O)c1cc(I)ccc1N. The van der Waals surface area contributed by atoms with Crippen molar-refractivity contribution in [2.24, 2.45) is 0 Å². The zero-order valence-corrected chi connectivity index (χ0v) is 12.2. The van der Waals surface area contributed by atoms with E-state index < -0.39 is 0 Å². The fourth-order valence-electron chi connectivity index (χ4n) is 1.37. The maximum atomic E-state index is 12.1. The Kier molecular flexibility index (Phi) is 5.70. The van der Waals surface area contributed by atoms with E-state index in [1.807, 2.05) is 13.0 Å². The van der Waals surface area contributed by atoms with Crippen LogP contribution in [0.15, 0.2) is 18.2 Å². The minimum Gasteiger partial charge on any atom is -0.398 e. The molecule has 0 aliphatic heterocycles. The molecule has 4 nitrogen and oxygen atoms in total. The van der Waals surface area contributed by atoms with Gasteiger partial charge in [-0.05, 0) is 47.7 Å². The first-order valence-corrected chi connectivity index (χ1v) is 6.52. The molecule has 1 rings (SSSR count). The van der Waals surface area contributed by atoms with Crippen LogP contribution in [0.4, 0.5) is 5.69 Å². The standard InChI is InChI=1S/C12H17IN2O2/c1-3-17-7-6-15(2)12(16)10-8-9(13)4-5-11(10)14/h4-5,8H,3,6-7,14H2,1-2H3. The fourth-order valence-corrected chi connectivity index (χ4v) is 1.86. The van der Waals surface area contributed by atoms with Gasteiger partial charge in [0.25, 0.3) is 5.91 Å². The van der Waals surface area contributed by atoms with Crippen LogP contribution in [-0.2, 0) is 4.74 Å². The Morgan fingerprint density at radius 1 is 1.53 bits per heavy atom. The quantitative estimate of drug-likeness (QED) is 0.503. The van der Waals surface area contributed by atoms with Gasteiger partial charge in [0.2, 0.25) is 0 Å². The van der Waals surface area contributed by atoms with E-state index in [0.29, 0.717) is 31.0 Å². The second-order valence-electron chi connectivity index (χ2n) is 3.66. The summed E-state index contributed by atoms with van der Waals surface area (Å²) in [4.78, 5) is 13.7. The molecule has 0 spiro atoms. The number of carbonyl (C=O) groups excluding carboxylic acids is 1. The molecule has 0 aliphatic carbocycles. The van der Waals surface area contributed by atoms with Crippen molar-refractivity contribution in [3.8, 4) is 0 Å². The third-order valence-corrected chi connectivity index (χ3v) is 3.04. The third kappa shape index (κ3) is 4.16. The summed E-state index contributed by atoms with van der Waals surface area (Å²) in [7, 11) is 1.75. The molecule has 0 bridgehead atoms. The summed E-state index contributed by atoms with van der Waals surface area (Å²) >= 11 is 2.16. The number of ether oxygens (including phenoxy) is 1. The Balaban J connectivity index is 2.71.